The molecule has 1 aromatic heterocycles. The second-order valence-corrected chi connectivity index (χ2v) is 4.95. The van der Waals surface area contributed by atoms with Crippen molar-refractivity contribution in [2.24, 2.45) is 0 Å². The highest BCUT2D eigenvalue weighted by atomic mass is 19.1. The van der Waals surface area contributed by atoms with Gasteiger partial charge < -0.3 is 10.0 Å². The van der Waals surface area contributed by atoms with Crippen LogP contribution >= 0.6 is 0 Å². The molecule has 0 radical (unpaired) electrons. The zero-order valence-corrected chi connectivity index (χ0v) is 10.5. The first-order chi connectivity index (χ1) is 9.04. The third-order valence-corrected chi connectivity index (χ3v) is 3.51. The molecular weight excluding hydrogens is 250 g/mol. The molecule has 1 aromatic carbocycles. The van der Waals surface area contributed by atoms with E-state index in [0.717, 1.165) is 10.9 Å². The summed E-state index contributed by atoms with van der Waals surface area (Å²) in [5, 5.41) is 10.3. The van der Waals surface area contributed by atoms with Gasteiger partial charge in [0.2, 0.25) is 0 Å². The fourth-order valence-corrected chi connectivity index (χ4v) is 2.45. The van der Waals surface area contributed by atoms with Crippen LogP contribution < -0.4 is 4.90 Å². The Bertz CT molecular complexity index is 622. The Kier molecular flexibility index (Phi) is 2.86. The van der Waals surface area contributed by atoms with Crippen molar-refractivity contribution in [3.63, 3.8) is 0 Å². The monoisotopic (exact) mass is 264 g/mol. The average molecular weight is 264 g/mol. The Morgan fingerprint density at radius 1 is 1.32 bits per heavy atom. The molecule has 100 valence electrons. The van der Waals surface area contributed by atoms with E-state index in [4.69, 9.17) is 0 Å². The zero-order valence-electron chi connectivity index (χ0n) is 10.5. The van der Waals surface area contributed by atoms with Gasteiger partial charge in [-0.15, -0.1) is 0 Å². The van der Waals surface area contributed by atoms with Crippen LogP contribution in [0.1, 0.15) is 5.56 Å². The number of halogens is 2. The Labute approximate surface area is 109 Å². The van der Waals surface area contributed by atoms with E-state index in [1.807, 2.05) is 13.0 Å². The van der Waals surface area contributed by atoms with Crippen molar-refractivity contribution in [3.05, 3.63) is 35.6 Å². The van der Waals surface area contributed by atoms with E-state index in [1.165, 1.54) is 12.1 Å². The summed E-state index contributed by atoms with van der Waals surface area (Å²) in [6, 6.07) is 6.29. The molecule has 3 nitrogen and oxygen atoms in total. The second kappa shape index (κ2) is 4.42. The molecule has 1 fully saturated rings. The lowest BCUT2D eigenvalue weighted by Crippen LogP contribution is -2.22. The van der Waals surface area contributed by atoms with Gasteiger partial charge in [-0.3, -0.25) is 0 Å². The Morgan fingerprint density at radius 3 is 2.79 bits per heavy atom. The van der Waals surface area contributed by atoms with E-state index in [1.54, 1.807) is 11.0 Å². The van der Waals surface area contributed by atoms with Crippen LogP contribution in [0, 0.1) is 12.7 Å². The topological polar surface area (TPSA) is 36.4 Å². The van der Waals surface area contributed by atoms with Crippen LogP contribution in [0.5, 0.6) is 0 Å². The molecule has 2 atom stereocenters. The quantitative estimate of drug-likeness (QED) is 0.858. The normalized spacial score (nSPS) is 23.3. The van der Waals surface area contributed by atoms with Gasteiger partial charge in [0.25, 0.3) is 0 Å². The highest BCUT2D eigenvalue weighted by Crippen LogP contribution is 2.26. The van der Waals surface area contributed by atoms with E-state index in [-0.39, 0.29) is 18.9 Å². The Balaban J connectivity index is 2.05. The number of hydrogen-bond acceptors (Lipinski definition) is 3. The van der Waals surface area contributed by atoms with E-state index in [9.17, 15) is 13.9 Å². The number of aromatic nitrogens is 1. The van der Waals surface area contributed by atoms with Crippen molar-refractivity contribution in [1.82, 2.24) is 4.98 Å². The van der Waals surface area contributed by atoms with Gasteiger partial charge in [-0.05, 0) is 30.7 Å². The minimum Gasteiger partial charge on any atom is -0.388 e. The Morgan fingerprint density at radius 2 is 2.11 bits per heavy atom. The summed E-state index contributed by atoms with van der Waals surface area (Å²) < 4.78 is 26.6. The number of benzene rings is 1. The third-order valence-electron chi connectivity index (χ3n) is 3.51. The molecule has 1 aliphatic heterocycles. The van der Waals surface area contributed by atoms with Crippen LogP contribution in [0.15, 0.2) is 24.3 Å². The predicted octanol–water partition coefficient (Wildman–Crippen LogP) is 2.20. The van der Waals surface area contributed by atoms with Gasteiger partial charge in [-0.1, -0.05) is 0 Å². The van der Waals surface area contributed by atoms with Crippen LogP contribution in [-0.2, 0) is 0 Å². The number of anilines is 1. The first kappa shape index (κ1) is 12.3. The van der Waals surface area contributed by atoms with Crippen LogP contribution in [0.2, 0.25) is 0 Å². The molecule has 1 saturated heterocycles. The predicted molar refractivity (Wildman–Crippen MR) is 69.6 cm³/mol. The summed E-state index contributed by atoms with van der Waals surface area (Å²) in [7, 11) is 0. The summed E-state index contributed by atoms with van der Waals surface area (Å²) >= 11 is 0. The first-order valence-electron chi connectivity index (χ1n) is 6.18. The molecule has 2 aromatic rings. The minimum absolute atomic E-state index is 0.119. The molecular formula is C14H14F2N2O. The fourth-order valence-electron chi connectivity index (χ4n) is 2.45. The van der Waals surface area contributed by atoms with Crippen LogP contribution in [0.4, 0.5) is 14.6 Å². The molecule has 1 N–H and O–H groups in total. The van der Waals surface area contributed by atoms with Gasteiger partial charge in [-0.25, -0.2) is 13.8 Å². The maximum absolute atomic E-state index is 13.4. The third kappa shape index (κ3) is 2.14. The summed E-state index contributed by atoms with van der Waals surface area (Å²) in [4.78, 5) is 6.04. The number of aliphatic hydroxyl groups excluding tert-OH is 1. The van der Waals surface area contributed by atoms with Crippen LogP contribution in [0.25, 0.3) is 10.9 Å². The Hall–Kier alpha value is -1.75. The van der Waals surface area contributed by atoms with Crippen molar-refractivity contribution in [2.75, 3.05) is 18.0 Å². The number of aryl methyl sites for hydroxylation is 1. The number of fused-ring (bicyclic) bond motifs is 1. The first-order valence-corrected chi connectivity index (χ1v) is 6.18. The van der Waals surface area contributed by atoms with Gasteiger partial charge in [0.05, 0.1) is 12.1 Å². The number of aliphatic hydroxyl groups is 1. The molecule has 0 aliphatic carbocycles. The van der Waals surface area contributed by atoms with Gasteiger partial charge in [-0.2, -0.15) is 0 Å². The lowest BCUT2D eigenvalue weighted by Gasteiger charge is -2.17. The summed E-state index contributed by atoms with van der Waals surface area (Å²) in [5.74, 6) is 0.233. The molecule has 0 amide bonds. The highest BCUT2D eigenvalue weighted by Gasteiger charge is 2.32. The number of nitrogens with zero attached hydrogens (tertiary/aromatic N) is 2. The summed E-state index contributed by atoms with van der Waals surface area (Å²) in [5.41, 5.74) is 1.50. The van der Waals surface area contributed by atoms with Crippen molar-refractivity contribution in [2.45, 2.75) is 19.2 Å². The zero-order chi connectivity index (χ0) is 13.6. The molecule has 0 saturated carbocycles. The van der Waals surface area contributed by atoms with Gasteiger partial charge in [0.15, 0.2) is 0 Å². The highest BCUT2D eigenvalue weighted by molar-refractivity contribution is 5.84. The van der Waals surface area contributed by atoms with Crippen LogP contribution in [0.3, 0.4) is 0 Å². The lowest BCUT2D eigenvalue weighted by atomic mass is 10.1. The molecule has 2 heterocycles. The largest absolute Gasteiger partial charge is 0.388 e. The minimum atomic E-state index is -1.26. The number of alkyl halides is 1. The van der Waals surface area contributed by atoms with Gasteiger partial charge in [0, 0.05) is 18.0 Å². The maximum Gasteiger partial charge on any atom is 0.145 e. The smallest absolute Gasteiger partial charge is 0.145 e. The van der Waals surface area contributed by atoms with Crippen molar-refractivity contribution in [1.29, 1.82) is 0 Å². The number of rotatable bonds is 1. The van der Waals surface area contributed by atoms with Crippen molar-refractivity contribution in [3.8, 4) is 0 Å². The van der Waals surface area contributed by atoms with Crippen LogP contribution in [-0.4, -0.2) is 35.5 Å². The molecule has 0 unspecified atom stereocenters. The van der Waals surface area contributed by atoms with Gasteiger partial charge >= 0.3 is 0 Å². The van der Waals surface area contributed by atoms with Crippen molar-refractivity contribution >= 4 is 16.7 Å². The molecule has 0 spiro atoms. The second-order valence-electron chi connectivity index (χ2n) is 4.95. The number of pyridine rings is 1. The van der Waals surface area contributed by atoms with Crippen molar-refractivity contribution < 1.29 is 13.9 Å². The number of β-amino-alcohol motifs (C(OH)–C–C–N with tert-alkyl or cyclic N) is 1. The van der Waals surface area contributed by atoms with E-state index in [0.29, 0.717) is 11.3 Å². The standard InChI is InChI=1S/C14H14F2N2O/c1-8-4-14(18-6-11(16)13(19)7-18)17-12-5-9(15)2-3-10(8)12/h2-5,11,13,19H,6-7H2,1H3/t11-,13-/m1/s1. The number of hydrogen-bond donors (Lipinski definition) is 1. The fraction of sp³-hybridized carbons (Fsp3) is 0.357. The molecule has 3 rings (SSSR count). The lowest BCUT2D eigenvalue weighted by molar-refractivity contribution is 0.118. The maximum atomic E-state index is 13.4. The van der Waals surface area contributed by atoms with E-state index in [2.05, 4.69) is 4.98 Å². The van der Waals surface area contributed by atoms with E-state index >= 15 is 0 Å². The molecule has 0 bridgehead atoms. The molecule has 19 heavy (non-hydrogen) atoms. The SMILES string of the molecule is Cc1cc(N2C[C@@H](O)[C@H](F)C2)nc2cc(F)ccc12. The summed E-state index contributed by atoms with van der Waals surface area (Å²) in [6.07, 6.45) is -2.24. The average Bonchev–Trinajstić information content (AvgIpc) is 2.69. The van der Waals surface area contributed by atoms with Gasteiger partial charge in [0.1, 0.15) is 23.9 Å². The summed E-state index contributed by atoms with van der Waals surface area (Å²) in [6.45, 7) is 2.24. The molecule has 5 heteroatoms. The van der Waals surface area contributed by atoms with E-state index < -0.39 is 12.3 Å². The molecule has 1 aliphatic rings.